The molecule has 0 fully saturated rings. The van der Waals surface area contributed by atoms with E-state index in [-0.39, 0.29) is 10.8 Å². The summed E-state index contributed by atoms with van der Waals surface area (Å²) in [5, 5.41) is 5.33. The minimum atomic E-state index is -3.92. The van der Waals surface area contributed by atoms with Crippen molar-refractivity contribution in [1.82, 2.24) is 4.72 Å². The normalized spacial score (nSPS) is 13.8. The molecule has 0 bridgehead atoms. The number of sulfonamides is 1. The number of carbonyl (C=O) groups excluding carboxylic acids is 2. The van der Waals surface area contributed by atoms with Crippen molar-refractivity contribution in [2.45, 2.75) is 31.2 Å². The second-order valence-electron chi connectivity index (χ2n) is 8.12. The average Bonchev–Trinajstić information content (AvgIpc) is 3.23. The van der Waals surface area contributed by atoms with Crippen LogP contribution in [0.15, 0.2) is 77.7 Å². The molecule has 1 heterocycles. The molecule has 4 rings (SSSR count). The van der Waals surface area contributed by atoms with Crippen molar-refractivity contribution in [1.29, 1.82) is 0 Å². The van der Waals surface area contributed by atoms with Gasteiger partial charge in [-0.3, -0.25) is 9.59 Å². The van der Waals surface area contributed by atoms with Gasteiger partial charge in [-0.15, -0.1) is 0 Å². The number of nitrogens with zero attached hydrogens (tertiary/aromatic N) is 1. The summed E-state index contributed by atoms with van der Waals surface area (Å²) < 4.78 is 27.7. The highest BCUT2D eigenvalue weighted by Gasteiger charge is 2.23. The highest BCUT2D eigenvalue weighted by molar-refractivity contribution is 7.89. The highest BCUT2D eigenvalue weighted by Crippen LogP contribution is 2.34. The van der Waals surface area contributed by atoms with Crippen LogP contribution < -0.4 is 20.3 Å². The number of anilines is 4. The zero-order valence-electron chi connectivity index (χ0n) is 18.9. The van der Waals surface area contributed by atoms with Crippen LogP contribution in [0.5, 0.6) is 0 Å². The molecular weight excluding hydrogens is 452 g/mol. The first kappa shape index (κ1) is 23.5. The van der Waals surface area contributed by atoms with Crippen molar-refractivity contribution in [3.63, 3.8) is 0 Å². The number of para-hydroxylation sites is 1. The molecule has 0 aromatic heterocycles. The van der Waals surface area contributed by atoms with Gasteiger partial charge in [-0.05, 0) is 73.5 Å². The second-order valence-corrected chi connectivity index (χ2v) is 9.83. The van der Waals surface area contributed by atoms with E-state index in [1.165, 1.54) is 49.4 Å². The van der Waals surface area contributed by atoms with E-state index >= 15 is 0 Å². The summed E-state index contributed by atoms with van der Waals surface area (Å²) in [5.41, 5.74) is 4.59. The van der Waals surface area contributed by atoms with Gasteiger partial charge in [-0.1, -0.05) is 18.2 Å². The summed E-state index contributed by atoms with van der Waals surface area (Å²) in [5.74, 6) is -0.727. The van der Waals surface area contributed by atoms with E-state index < -0.39 is 22.0 Å². The van der Waals surface area contributed by atoms with Crippen LogP contribution in [-0.2, 0) is 26.0 Å². The van der Waals surface area contributed by atoms with Crippen molar-refractivity contribution < 1.29 is 18.0 Å². The lowest BCUT2D eigenvalue weighted by molar-refractivity contribution is -0.117. The van der Waals surface area contributed by atoms with E-state index in [9.17, 15) is 18.0 Å². The standard InChI is InChI=1S/C25H26N4O4S/c1-17(28-34(32,33)23-13-9-20(10-14-23)26-18(2)30)25(31)27-21-7-11-22(12-8-21)29-16-15-19-5-3-4-6-24(19)29/h3-14,17,28H,15-16H2,1-2H3,(H,26,30)(H,27,31)/t17-/m0/s1. The fraction of sp³-hybridized carbons (Fsp3) is 0.200. The van der Waals surface area contributed by atoms with E-state index in [0.29, 0.717) is 11.4 Å². The van der Waals surface area contributed by atoms with Crippen LogP contribution in [-0.4, -0.2) is 32.8 Å². The summed E-state index contributed by atoms with van der Waals surface area (Å²) >= 11 is 0. The van der Waals surface area contributed by atoms with Crippen molar-refractivity contribution in [2.24, 2.45) is 0 Å². The predicted octanol–water partition coefficient (Wildman–Crippen LogP) is 3.64. The van der Waals surface area contributed by atoms with Crippen LogP contribution in [0.4, 0.5) is 22.7 Å². The third-order valence-corrected chi connectivity index (χ3v) is 7.10. The molecule has 0 aliphatic carbocycles. The lowest BCUT2D eigenvalue weighted by Crippen LogP contribution is -2.41. The fourth-order valence-electron chi connectivity index (χ4n) is 3.86. The number of rotatable bonds is 7. The zero-order chi connectivity index (χ0) is 24.3. The Labute approximate surface area is 199 Å². The van der Waals surface area contributed by atoms with Crippen molar-refractivity contribution in [3.8, 4) is 0 Å². The number of carbonyl (C=O) groups is 2. The molecule has 1 aliphatic rings. The molecule has 0 saturated carbocycles. The molecule has 8 nitrogen and oxygen atoms in total. The molecule has 0 spiro atoms. The van der Waals surface area contributed by atoms with E-state index in [0.717, 1.165) is 18.7 Å². The van der Waals surface area contributed by atoms with E-state index in [1.54, 1.807) is 12.1 Å². The van der Waals surface area contributed by atoms with Gasteiger partial charge in [0.1, 0.15) is 0 Å². The van der Waals surface area contributed by atoms with Gasteiger partial charge in [0, 0.05) is 36.2 Å². The Morgan fingerprint density at radius 3 is 2.18 bits per heavy atom. The first-order valence-corrected chi connectivity index (χ1v) is 12.4. The topological polar surface area (TPSA) is 108 Å². The van der Waals surface area contributed by atoms with Crippen LogP contribution in [0, 0.1) is 0 Å². The van der Waals surface area contributed by atoms with Gasteiger partial charge >= 0.3 is 0 Å². The summed E-state index contributed by atoms with van der Waals surface area (Å²) in [4.78, 5) is 25.9. The van der Waals surface area contributed by atoms with Gasteiger partial charge < -0.3 is 15.5 Å². The minimum absolute atomic E-state index is 0.00324. The van der Waals surface area contributed by atoms with Gasteiger partial charge in [0.15, 0.2) is 0 Å². The number of amides is 2. The molecule has 3 aromatic rings. The van der Waals surface area contributed by atoms with Crippen LogP contribution in [0.25, 0.3) is 0 Å². The third-order valence-electron chi connectivity index (χ3n) is 5.54. The zero-order valence-corrected chi connectivity index (χ0v) is 19.7. The minimum Gasteiger partial charge on any atom is -0.341 e. The van der Waals surface area contributed by atoms with Crippen LogP contribution in [0.2, 0.25) is 0 Å². The van der Waals surface area contributed by atoms with E-state index in [4.69, 9.17) is 0 Å². The fourth-order valence-corrected chi connectivity index (χ4v) is 5.06. The maximum atomic E-state index is 12.6. The molecule has 2 amide bonds. The molecular formula is C25H26N4O4S. The van der Waals surface area contributed by atoms with Gasteiger partial charge in [0.2, 0.25) is 21.8 Å². The van der Waals surface area contributed by atoms with Gasteiger partial charge in [-0.2, -0.15) is 4.72 Å². The molecule has 3 aromatic carbocycles. The molecule has 1 aliphatic heterocycles. The summed E-state index contributed by atoms with van der Waals surface area (Å²) in [7, 11) is -3.92. The number of nitrogens with one attached hydrogen (secondary N) is 3. The lowest BCUT2D eigenvalue weighted by atomic mass is 10.2. The molecule has 3 N–H and O–H groups in total. The van der Waals surface area contributed by atoms with Crippen LogP contribution in [0.1, 0.15) is 19.4 Å². The number of benzene rings is 3. The summed E-state index contributed by atoms with van der Waals surface area (Å²) in [6.45, 7) is 3.75. The first-order valence-electron chi connectivity index (χ1n) is 10.9. The summed E-state index contributed by atoms with van der Waals surface area (Å²) in [6, 6.07) is 20.5. The second kappa shape index (κ2) is 9.66. The molecule has 1 atom stereocenters. The van der Waals surface area contributed by atoms with Crippen molar-refractivity contribution in [2.75, 3.05) is 22.1 Å². The third kappa shape index (κ3) is 5.27. The number of hydrogen-bond donors (Lipinski definition) is 3. The molecule has 0 saturated heterocycles. The van der Waals surface area contributed by atoms with Crippen molar-refractivity contribution >= 4 is 44.6 Å². The summed E-state index contributed by atoms with van der Waals surface area (Å²) in [6.07, 6.45) is 0.988. The van der Waals surface area contributed by atoms with Gasteiger partial charge in [-0.25, -0.2) is 8.42 Å². The molecule has 176 valence electrons. The Balaban J connectivity index is 1.37. The van der Waals surface area contributed by atoms with Crippen LogP contribution >= 0.6 is 0 Å². The number of hydrogen-bond acceptors (Lipinski definition) is 5. The smallest absolute Gasteiger partial charge is 0.242 e. The van der Waals surface area contributed by atoms with E-state index in [1.807, 2.05) is 24.3 Å². The van der Waals surface area contributed by atoms with E-state index in [2.05, 4.69) is 32.4 Å². The number of fused-ring (bicyclic) bond motifs is 1. The Bertz CT molecular complexity index is 1310. The first-order chi connectivity index (χ1) is 16.2. The Morgan fingerprint density at radius 1 is 0.882 bits per heavy atom. The maximum Gasteiger partial charge on any atom is 0.242 e. The Kier molecular flexibility index (Phi) is 6.67. The Morgan fingerprint density at radius 2 is 1.50 bits per heavy atom. The monoisotopic (exact) mass is 478 g/mol. The van der Waals surface area contributed by atoms with Crippen molar-refractivity contribution in [3.05, 3.63) is 78.4 Å². The molecule has 0 unspecified atom stereocenters. The SMILES string of the molecule is CC(=O)Nc1ccc(S(=O)(=O)N[C@@H](C)C(=O)Nc2ccc(N3CCc4ccccc43)cc2)cc1. The quantitative estimate of drug-likeness (QED) is 0.481. The maximum absolute atomic E-state index is 12.6. The molecule has 34 heavy (non-hydrogen) atoms. The van der Waals surface area contributed by atoms with Gasteiger partial charge in [0.05, 0.1) is 10.9 Å². The highest BCUT2D eigenvalue weighted by atomic mass is 32.2. The average molecular weight is 479 g/mol. The van der Waals surface area contributed by atoms with Crippen LogP contribution in [0.3, 0.4) is 0 Å². The lowest BCUT2D eigenvalue weighted by Gasteiger charge is -2.20. The Hall–Kier alpha value is -3.69. The van der Waals surface area contributed by atoms with Gasteiger partial charge in [0.25, 0.3) is 0 Å². The molecule has 9 heteroatoms. The molecule has 0 radical (unpaired) electrons. The largest absolute Gasteiger partial charge is 0.341 e. The predicted molar refractivity (Wildman–Crippen MR) is 133 cm³/mol.